The summed E-state index contributed by atoms with van der Waals surface area (Å²) in [5.41, 5.74) is 0.769. The van der Waals surface area contributed by atoms with Crippen molar-refractivity contribution in [2.75, 3.05) is 19.8 Å². The molecule has 2 N–H and O–H groups in total. The zero-order chi connectivity index (χ0) is 11.1. The summed E-state index contributed by atoms with van der Waals surface area (Å²) in [6, 6.07) is 4.80. The second kappa shape index (κ2) is 6.37. The highest BCUT2D eigenvalue weighted by atomic mass is 19.1. The summed E-state index contributed by atoms with van der Waals surface area (Å²) < 4.78 is 18.5. The summed E-state index contributed by atoms with van der Waals surface area (Å²) in [4.78, 5) is 0. The van der Waals surface area contributed by atoms with Gasteiger partial charge >= 0.3 is 0 Å². The molecule has 3 nitrogen and oxygen atoms in total. The van der Waals surface area contributed by atoms with E-state index in [-0.39, 0.29) is 24.8 Å². The molecule has 0 radical (unpaired) electrons. The van der Waals surface area contributed by atoms with Crippen molar-refractivity contribution in [3.63, 3.8) is 0 Å². The number of nitrogens with one attached hydrogen (secondary N) is 1. The van der Waals surface area contributed by atoms with Crippen molar-refractivity contribution in [2.45, 2.75) is 13.5 Å². The maximum Gasteiger partial charge on any atom is 0.165 e. The molecule has 0 fully saturated rings. The summed E-state index contributed by atoms with van der Waals surface area (Å²) in [7, 11) is 0. The zero-order valence-corrected chi connectivity index (χ0v) is 8.79. The average molecular weight is 213 g/mol. The highest BCUT2D eigenvalue weighted by molar-refractivity contribution is 5.34. The van der Waals surface area contributed by atoms with Crippen LogP contribution in [0.2, 0.25) is 0 Å². The topological polar surface area (TPSA) is 41.5 Å². The Morgan fingerprint density at radius 1 is 1.47 bits per heavy atom. The Morgan fingerprint density at radius 2 is 2.27 bits per heavy atom. The van der Waals surface area contributed by atoms with Gasteiger partial charge in [-0.2, -0.15) is 0 Å². The van der Waals surface area contributed by atoms with Crippen LogP contribution < -0.4 is 10.1 Å². The van der Waals surface area contributed by atoms with Gasteiger partial charge < -0.3 is 15.2 Å². The number of ether oxygens (including phenoxy) is 1. The molecular weight excluding hydrogens is 197 g/mol. The molecule has 1 aromatic rings. The first-order valence-electron chi connectivity index (χ1n) is 5.01. The lowest BCUT2D eigenvalue weighted by atomic mass is 10.2. The molecule has 1 aromatic carbocycles. The molecule has 1 rings (SSSR count). The van der Waals surface area contributed by atoms with Gasteiger partial charge in [-0.15, -0.1) is 0 Å². The van der Waals surface area contributed by atoms with Crippen LogP contribution in [0.5, 0.6) is 5.75 Å². The van der Waals surface area contributed by atoms with Gasteiger partial charge in [-0.05, 0) is 12.6 Å². The van der Waals surface area contributed by atoms with Gasteiger partial charge in [-0.25, -0.2) is 4.39 Å². The number of hydrogen-bond acceptors (Lipinski definition) is 3. The smallest absolute Gasteiger partial charge is 0.165 e. The van der Waals surface area contributed by atoms with Gasteiger partial charge in [0.15, 0.2) is 11.6 Å². The third-order valence-corrected chi connectivity index (χ3v) is 1.95. The van der Waals surface area contributed by atoms with Crippen molar-refractivity contribution in [2.24, 2.45) is 0 Å². The first kappa shape index (κ1) is 11.9. The van der Waals surface area contributed by atoms with Gasteiger partial charge in [0.05, 0.1) is 6.61 Å². The predicted molar refractivity (Wildman–Crippen MR) is 56.4 cm³/mol. The lowest BCUT2D eigenvalue weighted by Gasteiger charge is -2.11. The van der Waals surface area contributed by atoms with Gasteiger partial charge in [-0.3, -0.25) is 0 Å². The van der Waals surface area contributed by atoms with E-state index in [4.69, 9.17) is 9.84 Å². The number of rotatable bonds is 6. The second-order valence-electron chi connectivity index (χ2n) is 3.08. The Balaban J connectivity index is 2.77. The fraction of sp³-hybridized carbons (Fsp3) is 0.455. The predicted octanol–water partition coefficient (Wildman–Crippen LogP) is 1.31. The van der Waals surface area contributed by atoms with E-state index in [1.54, 1.807) is 12.1 Å². The van der Waals surface area contributed by atoms with Gasteiger partial charge in [0, 0.05) is 12.1 Å². The van der Waals surface area contributed by atoms with E-state index in [2.05, 4.69) is 5.32 Å². The van der Waals surface area contributed by atoms with Crippen LogP contribution in [0, 0.1) is 5.82 Å². The minimum absolute atomic E-state index is 0.111. The van der Waals surface area contributed by atoms with E-state index in [0.29, 0.717) is 6.54 Å². The number of halogens is 1. The molecule has 0 saturated carbocycles. The maximum atomic E-state index is 13.4. The number of para-hydroxylation sites is 1. The van der Waals surface area contributed by atoms with Crippen molar-refractivity contribution in [3.8, 4) is 5.75 Å². The van der Waals surface area contributed by atoms with Crippen molar-refractivity contribution >= 4 is 0 Å². The monoisotopic (exact) mass is 213 g/mol. The third kappa shape index (κ3) is 3.49. The lowest BCUT2D eigenvalue weighted by molar-refractivity contribution is 0.195. The SMILES string of the molecule is CCNCc1cccc(F)c1OCCO. The van der Waals surface area contributed by atoms with E-state index >= 15 is 0 Å². The van der Waals surface area contributed by atoms with Crippen LogP contribution >= 0.6 is 0 Å². The third-order valence-electron chi connectivity index (χ3n) is 1.95. The highest BCUT2D eigenvalue weighted by Crippen LogP contribution is 2.22. The van der Waals surface area contributed by atoms with Crippen molar-refractivity contribution in [3.05, 3.63) is 29.6 Å². The molecule has 0 bridgehead atoms. The summed E-state index contributed by atoms with van der Waals surface area (Å²) in [5.74, 6) is -0.161. The molecule has 0 spiro atoms. The Hall–Kier alpha value is -1.13. The van der Waals surface area contributed by atoms with Crippen LogP contribution in [-0.4, -0.2) is 24.9 Å². The Bertz CT molecular complexity index is 305. The molecular formula is C11H16FNO2. The Labute approximate surface area is 88.9 Å². The normalized spacial score (nSPS) is 10.3. The van der Waals surface area contributed by atoms with Crippen LogP contribution in [0.3, 0.4) is 0 Å². The van der Waals surface area contributed by atoms with Crippen LogP contribution in [0.1, 0.15) is 12.5 Å². The molecule has 0 atom stereocenters. The molecule has 0 saturated heterocycles. The number of aliphatic hydroxyl groups is 1. The van der Waals surface area contributed by atoms with Gasteiger partial charge in [0.25, 0.3) is 0 Å². The first-order chi connectivity index (χ1) is 7.29. The Kier molecular flexibility index (Phi) is 5.07. The largest absolute Gasteiger partial charge is 0.488 e. The van der Waals surface area contributed by atoms with E-state index in [1.165, 1.54) is 6.07 Å². The Morgan fingerprint density at radius 3 is 2.93 bits per heavy atom. The molecule has 0 aromatic heterocycles. The molecule has 0 amide bonds. The number of hydrogen-bond donors (Lipinski definition) is 2. The summed E-state index contributed by atoms with van der Waals surface area (Å²) in [5, 5.41) is 11.7. The van der Waals surface area contributed by atoms with Gasteiger partial charge in [0.1, 0.15) is 6.61 Å². The van der Waals surface area contributed by atoms with E-state index in [9.17, 15) is 4.39 Å². The maximum absolute atomic E-state index is 13.4. The van der Waals surface area contributed by atoms with Crippen LogP contribution in [0.4, 0.5) is 4.39 Å². The number of aliphatic hydroxyl groups excluding tert-OH is 1. The highest BCUT2D eigenvalue weighted by Gasteiger charge is 2.08. The molecule has 0 aliphatic rings. The zero-order valence-electron chi connectivity index (χ0n) is 8.79. The molecule has 0 aliphatic carbocycles. The van der Waals surface area contributed by atoms with E-state index < -0.39 is 0 Å². The fourth-order valence-corrected chi connectivity index (χ4v) is 1.26. The minimum atomic E-state index is -0.390. The van der Waals surface area contributed by atoms with Crippen LogP contribution in [-0.2, 0) is 6.54 Å². The van der Waals surface area contributed by atoms with Crippen molar-refractivity contribution in [1.82, 2.24) is 5.32 Å². The fourth-order valence-electron chi connectivity index (χ4n) is 1.26. The van der Waals surface area contributed by atoms with Crippen molar-refractivity contribution < 1.29 is 14.2 Å². The lowest BCUT2D eigenvalue weighted by Crippen LogP contribution is -2.14. The van der Waals surface area contributed by atoms with Crippen LogP contribution in [0.15, 0.2) is 18.2 Å². The average Bonchev–Trinajstić information content (AvgIpc) is 2.25. The molecule has 0 heterocycles. The second-order valence-corrected chi connectivity index (χ2v) is 3.08. The standard InChI is InChI=1S/C11H16FNO2/c1-2-13-8-9-4-3-5-10(12)11(9)15-7-6-14/h3-5,13-14H,2,6-8H2,1H3. The summed E-state index contributed by atoms with van der Waals surface area (Å²) in [6.07, 6.45) is 0. The van der Waals surface area contributed by atoms with Gasteiger partial charge in [0.2, 0.25) is 0 Å². The summed E-state index contributed by atoms with van der Waals surface area (Å²) in [6.45, 7) is 3.35. The molecule has 15 heavy (non-hydrogen) atoms. The molecule has 0 aliphatic heterocycles. The van der Waals surface area contributed by atoms with E-state index in [0.717, 1.165) is 12.1 Å². The molecule has 84 valence electrons. The van der Waals surface area contributed by atoms with Crippen LogP contribution in [0.25, 0.3) is 0 Å². The number of benzene rings is 1. The first-order valence-corrected chi connectivity index (χ1v) is 5.01. The summed E-state index contributed by atoms with van der Waals surface area (Å²) >= 11 is 0. The van der Waals surface area contributed by atoms with Crippen molar-refractivity contribution in [1.29, 1.82) is 0 Å². The van der Waals surface area contributed by atoms with Gasteiger partial charge in [-0.1, -0.05) is 19.1 Å². The quantitative estimate of drug-likeness (QED) is 0.748. The molecule has 4 heteroatoms. The minimum Gasteiger partial charge on any atom is -0.488 e. The molecule has 0 unspecified atom stereocenters. The van der Waals surface area contributed by atoms with E-state index in [1.807, 2.05) is 6.92 Å².